The van der Waals surface area contributed by atoms with Crippen LogP contribution in [0.4, 0.5) is 10.5 Å². The maximum Gasteiger partial charge on any atom is 0.322 e. The van der Waals surface area contributed by atoms with Crippen LogP contribution in [0.1, 0.15) is 41.1 Å². The Bertz CT molecular complexity index is 703. The fourth-order valence-electron chi connectivity index (χ4n) is 3.48. The maximum atomic E-state index is 12.7. The van der Waals surface area contributed by atoms with Gasteiger partial charge in [-0.3, -0.25) is 0 Å². The quantitative estimate of drug-likeness (QED) is 0.833. The van der Waals surface area contributed by atoms with Crippen molar-refractivity contribution in [2.24, 2.45) is 0 Å². The van der Waals surface area contributed by atoms with Crippen molar-refractivity contribution in [3.8, 4) is 0 Å². The Morgan fingerprint density at radius 3 is 2.48 bits per heavy atom. The molecule has 1 N–H and O–H groups in total. The lowest BCUT2D eigenvalue weighted by Crippen LogP contribution is -2.34. The number of amides is 2. The second kappa shape index (κ2) is 6.45. The van der Waals surface area contributed by atoms with Gasteiger partial charge in [-0.2, -0.15) is 0 Å². The maximum absolute atomic E-state index is 12.7. The molecule has 0 saturated carbocycles. The fraction of sp³-hybridized carbons (Fsp3) is 0.350. The van der Waals surface area contributed by atoms with Gasteiger partial charge in [-0.25, -0.2) is 4.79 Å². The van der Waals surface area contributed by atoms with Crippen LogP contribution in [0.15, 0.2) is 42.5 Å². The average Bonchev–Trinajstić information content (AvgIpc) is 2.95. The number of hydrogen-bond acceptors (Lipinski definition) is 1. The van der Waals surface area contributed by atoms with Gasteiger partial charge in [-0.15, -0.1) is 0 Å². The van der Waals surface area contributed by atoms with Crippen molar-refractivity contribution < 1.29 is 4.79 Å². The van der Waals surface area contributed by atoms with Crippen molar-refractivity contribution in [3.63, 3.8) is 0 Å². The molecule has 0 bridgehead atoms. The predicted molar refractivity (Wildman–Crippen MR) is 94.8 cm³/mol. The van der Waals surface area contributed by atoms with Crippen LogP contribution in [0.3, 0.4) is 0 Å². The van der Waals surface area contributed by atoms with Gasteiger partial charge >= 0.3 is 6.03 Å². The van der Waals surface area contributed by atoms with Crippen molar-refractivity contribution in [2.75, 3.05) is 11.9 Å². The normalized spacial score (nSPS) is 17.3. The van der Waals surface area contributed by atoms with E-state index in [-0.39, 0.29) is 12.1 Å². The molecular formula is C20H24N2O. The molecule has 2 aromatic carbocycles. The van der Waals surface area contributed by atoms with E-state index in [1.165, 1.54) is 11.1 Å². The van der Waals surface area contributed by atoms with Gasteiger partial charge in [0.1, 0.15) is 0 Å². The first-order valence-electron chi connectivity index (χ1n) is 8.25. The van der Waals surface area contributed by atoms with E-state index in [0.717, 1.165) is 36.2 Å². The van der Waals surface area contributed by atoms with E-state index in [4.69, 9.17) is 0 Å². The second-order valence-corrected chi connectivity index (χ2v) is 6.57. The highest BCUT2D eigenvalue weighted by Crippen LogP contribution is 2.32. The smallest absolute Gasteiger partial charge is 0.317 e. The molecule has 2 aromatic rings. The van der Waals surface area contributed by atoms with Gasteiger partial charge in [-0.05, 0) is 62.4 Å². The highest BCUT2D eigenvalue weighted by atomic mass is 16.2. The number of aryl methyl sites for hydroxylation is 3. The summed E-state index contributed by atoms with van der Waals surface area (Å²) < 4.78 is 0. The Labute approximate surface area is 138 Å². The lowest BCUT2D eigenvalue weighted by Gasteiger charge is -2.26. The summed E-state index contributed by atoms with van der Waals surface area (Å²) in [5.41, 5.74) is 5.68. The lowest BCUT2D eigenvalue weighted by atomic mass is 10.0. The molecule has 1 heterocycles. The minimum atomic E-state index is -0.000920. The molecule has 1 atom stereocenters. The minimum Gasteiger partial charge on any atom is -0.317 e. The molecule has 1 aliphatic heterocycles. The second-order valence-electron chi connectivity index (χ2n) is 6.57. The van der Waals surface area contributed by atoms with Crippen LogP contribution in [0.2, 0.25) is 0 Å². The van der Waals surface area contributed by atoms with Crippen LogP contribution in [0.25, 0.3) is 0 Å². The molecule has 3 nitrogen and oxygen atoms in total. The number of nitrogens with zero attached hydrogens (tertiary/aromatic N) is 1. The molecule has 1 saturated heterocycles. The van der Waals surface area contributed by atoms with Gasteiger partial charge in [0.25, 0.3) is 0 Å². The van der Waals surface area contributed by atoms with Gasteiger partial charge in [-0.1, -0.05) is 35.9 Å². The molecule has 0 aromatic heterocycles. The standard InChI is InChI=1S/C20H24N2O/c1-14-6-4-7-17(11-14)19-8-5-9-22(19)20(23)21-18-12-15(2)10-16(3)13-18/h4,6-7,10-13,19H,5,8-9H2,1-3H3,(H,21,23). The van der Waals surface area contributed by atoms with Crippen LogP contribution >= 0.6 is 0 Å². The Morgan fingerprint density at radius 1 is 1.04 bits per heavy atom. The summed E-state index contributed by atoms with van der Waals surface area (Å²) >= 11 is 0. The third kappa shape index (κ3) is 3.55. The first-order valence-corrected chi connectivity index (χ1v) is 8.25. The van der Waals surface area contributed by atoms with E-state index in [2.05, 4.69) is 42.6 Å². The van der Waals surface area contributed by atoms with E-state index >= 15 is 0 Å². The van der Waals surface area contributed by atoms with Gasteiger partial charge in [0, 0.05) is 12.2 Å². The molecule has 1 fully saturated rings. The molecule has 2 amide bonds. The number of anilines is 1. The number of carbonyl (C=O) groups is 1. The Balaban J connectivity index is 1.78. The Hall–Kier alpha value is -2.29. The summed E-state index contributed by atoms with van der Waals surface area (Å²) in [5, 5.41) is 3.07. The number of hydrogen-bond donors (Lipinski definition) is 1. The number of urea groups is 1. The van der Waals surface area contributed by atoms with Crippen molar-refractivity contribution in [3.05, 3.63) is 64.7 Å². The number of likely N-dealkylation sites (tertiary alicyclic amines) is 1. The van der Waals surface area contributed by atoms with Crippen molar-refractivity contribution in [1.29, 1.82) is 0 Å². The van der Waals surface area contributed by atoms with Crippen molar-refractivity contribution >= 4 is 11.7 Å². The lowest BCUT2D eigenvalue weighted by molar-refractivity contribution is 0.207. The number of benzene rings is 2. The summed E-state index contributed by atoms with van der Waals surface area (Å²) in [6.07, 6.45) is 2.09. The van der Waals surface area contributed by atoms with Gasteiger partial charge in [0.15, 0.2) is 0 Å². The first kappa shape index (κ1) is 15.6. The zero-order chi connectivity index (χ0) is 16.4. The zero-order valence-corrected chi connectivity index (χ0v) is 14.1. The molecule has 1 unspecified atom stereocenters. The highest BCUT2D eigenvalue weighted by Gasteiger charge is 2.30. The van der Waals surface area contributed by atoms with Gasteiger partial charge < -0.3 is 10.2 Å². The molecule has 23 heavy (non-hydrogen) atoms. The Kier molecular flexibility index (Phi) is 4.37. The van der Waals surface area contributed by atoms with Crippen LogP contribution in [0, 0.1) is 20.8 Å². The summed E-state index contributed by atoms with van der Waals surface area (Å²) in [7, 11) is 0. The first-order chi connectivity index (χ1) is 11.0. The van der Waals surface area contributed by atoms with E-state index in [1.807, 2.05) is 30.9 Å². The summed E-state index contributed by atoms with van der Waals surface area (Å²) in [6.45, 7) is 7.01. The van der Waals surface area contributed by atoms with Crippen LogP contribution in [-0.4, -0.2) is 17.5 Å². The van der Waals surface area contributed by atoms with Crippen molar-refractivity contribution in [1.82, 2.24) is 4.90 Å². The van der Waals surface area contributed by atoms with Crippen LogP contribution < -0.4 is 5.32 Å². The third-order valence-electron chi connectivity index (χ3n) is 4.41. The minimum absolute atomic E-state index is 0.000920. The number of carbonyl (C=O) groups excluding carboxylic acids is 1. The Morgan fingerprint density at radius 2 is 1.78 bits per heavy atom. The summed E-state index contributed by atoms with van der Waals surface area (Å²) in [4.78, 5) is 14.7. The molecular weight excluding hydrogens is 284 g/mol. The molecule has 3 rings (SSSR count). The number of rotatable bonds is 2. The fourth-order valence-corrected chi connectivity index (χ4v) is 3.48. The van der Waals surface area contributed by atoms with E-state index in [0.29, 0.717) is 0 Å². The molecule has 120 valence electrons. The molecule has 0 aliphatic carbocycles. The number of nitrogens with one attached hydrogen (secondary N) is 1. The molecule has 0 spiro atoms. The predicted octanol–water partition coefficient (Wildman–Crippen LogP) is 4.98. The third-order valence-corrected chi connectivity index (χ3v) is 4.41. The zero-order valence-electron chi connectivity index (χ0n) is 14.1. The van der Waals surface area contributed by atoms with E-state index in [1.54, 1.807) is 0 Å². The van der Waals surface area contributed by atoms with Crippen molar-refractivity contribution in [2.45, 2.75) is 39.7 Å². The SMILES string of the molecule is Cc1cc(C)cc(NC(=O)N2CCCC2c2cccc(C)c2)c1. The highest BCUT2D eigenvalue weighted by molar-refractivity contribution is 5.90. The average molecular weight is 308 g/mol. The van der Waals surface area contributed by atoms with Crippen LogP contribution in [0.5, 0.6) is 0 Å². The molecule has 0 radical (unpaired) electrons. The molecule has 1 aliphatic rings. The molecule has 3 heteroatoms. The van der Waals surface area contributed by atoms with E-state index < -0.39 is 0 Å². The summed E-state index contributed by atoms with van der Waals surface area (Å²) in [5.74, 6) is 0. The topological polar surface area (TPSA) is 32.3 Å². The van der Waals surface area contributed by atoms with Gasteiger partial charge in [0.05, 0.1) is 6.04 Å². The summed E-state index contributed by atoms with van der Waals surface area (Å²) in [6, 6.07) is 14.8. The largest absolute Gasteiger partial charge is 0.322 e. The van der Waals surface area contributed by atoms with E-state index in [9.17, 15) is 4.79 Å². The van der Waals surface area contributed by atoms with Crippen LogP contribution in [-0.2, 0) is 0 Å². The van der Waals surface area contributed by atoms with Gasteiger partial charge in [0.2, 0.25) is 0 Å². The monoisotopic (exact) mass is 308 g/mol.